The van der Waals surface area contributed by atoms with Crippen LogP contribution in [-0.2, 0) is 11.3 Å². The number of hydrogen-bond acceptors (Lipinski definition) is 7. The average Bonchev–Trinajstić information content (AvgIpc) is 3.55. The van der Waals surface area contributed by atoms with Crippen molar-refractivity contribution in [3.8, 4) is 28.6 Å². The van der Waals surface area contributed by atoms with Gasteiger partial charge in [0, 0.05) is 36.3 Å². The number of amides is 1. The van der Waals surface area contributed by atoms with E-state index in [2.05, 4.69) is 5.16 Å². The summed E-state index contributed by atoms with van der Waals surface area (Å²) in [6.07, 6.45) is 1.84. The smallest absolute Gasteiger partial charge is 0.276 e. The molecule has 8 nitrogen and oxygen atoms in total. The third-order valence-corrected chi connectivity index (χ3v) is 5.94. The van der Waals surface area contributed by atoms with Crippen LogP contribution < -0.4 is 14.2 Å². The molecule has 0 unspecified atom stereocenters. The van der Waals surface area contributed by atoms with Crippen LogP contribution in [0.4, 0.5) is 0 Å². The minimum Gasteiger partial charge on any atom is -0.493 e. The van der Waals surface area contributed by atoms with E-state index in [0.717, 1.165) is 24.0 Å². The molecule has 180 valence electrons. The summed E-state index contributed by atoms with van der Waals surface area (Å²) in [4.78, 5) is 15.2. The van der Waals surface area contributed by atoms with Crippen molar-refractivity contribution in [3.63, 3.8) is 0 Å². The molecule has 1 amide bonds. The van der Waals surface area contributed by atoms with E-state index >= 15 is 0 Å². The topological polar surface area (TPSA) is 83.3 Å². The zero-order valence-corrected chi connectivity index (χ0v) is 20.1. The summed E-state index contributed by atoms with van der Waals surface area (Å²) in [5.41, 5.74) is 1.82. The Kier molecular flexibility index (Phi) is 7.59. The maximum Gasteiger partial charge on any atom is 0.276 e. The molecule has 34 heavy (non-hydrogen) atoms. The van der Waals surface area contributed by atoms with Gasteiger partial charge < -0.3 is 28.4 Å². The van der Waals surface area contributed by atoms with Gasteiger partial charge in [0.05, 0.1) is 27.4 Å². The molecule has 2 heterocycles. The van der Waals surface area contributed by atoms with E-state index in [4.69, 9.17) is 35.1 Å². The highest BCUT2D eigenvalue weighted by Crippen LogP contribution is 2.38. The lowest BCUT2D eigenvalue weighted by Gasteiger charge is -2.25. The predicted octanol–water partition coefficient (Wildman–Crippen LogP) is 4.84. The van der Waals surface area contributed by atoms with E-state index in [1.54, 1.807) is 44.4 Å². The monoisotopic (exact) mass is 486 g/mol. The molecule has 0 saturated carbocycles. The van der Waals surface area contributed by atoms with E-state index in [0.29, 0.717) is 47.7 Å². The van der Waals surface area contributed by atoms with Crippen molar-refractivity contribution in [2.24, 2.45) is 0 Å². The lowest BCUT2D eigenvalue weighted by molar-refractivity contribution is 0.0499. The molecule has 0 N–H and O–H groups in total. The molecule has 1 aliphatic rings. The van der Waals surface area contributed by atoms with Crippen molar-refractivity contribution in [2.45, 2.75) is 25.5 Å². The van der Waals surface area contributed by atoms with Crippen LogP contribution in [0.15, 0.2) is 47.0 Å². The first-order chi connectivity index (χ1) is 16.5. The summed E-state index contributed by atoms with van der Waals surface area (Å²) in [5, 5.41) is 4.66. The minimum absolute atomic E-state index is 0.0337. The molecule has 3 aromatic rings. The van der Waals surface area contributed by atoms with Crippen molar-refractivity contribution in [3.05, 3.63) is 58.7 Å². The SMILES string of the molecule is COc1cc(CN(C[C@@H]2CCCO2)C(=O)c2cc(-c3ccc(Cl)cc3)on2)cc(OC)c1OC. The quantitative estimate of drug-likeness (QED) is 0.428. The molecular weight excluding hydrogens is 460 g/mol. The van der Waals surface area contributed by atoms with Gasteiger partial charge in [-0.2, -0.15) is 0 Å². The Morgan fingerprint density at radius 3 is 2.38 bits per heavy atom. The van der Waals surface area contributed by atoms with Crippen molar-refractivity contribution < 1.29 is 28.3 Å². The molecule has 2 aromatic carbocycles. The predicted molar refractivity (Wildman–Crippen MR) is 127 cm³/mol. The summed E-state index contributed by atoms with van der Waals surface area (Å²) in [7, 11) is 4.67. The van der Waals surface area contributed by atoms with Crippen LogP contribution in [0, 0.1) is 0 Å². The van der Waals surface area contributed by atoms with Crippen LogP contribution in [0.1, 0.15) is 28.9 Å². The molecule has 0 spiro atoms. The molecule has 1 fully saturated rings. The molecule has 1 atom stereocenters. The number of aromatic nitrogens is 1. The fraction of sp³-hybridized carbons (Fsp3) is 0.360. The number of nitrogens with zero attached hydrogens (tertiary/aromatic N) is 2. The Bertz CT molecular complexity index is 1100. The molecule has 4 rings (SSSR count). The van der Waals surface area contributed by atoms with Gasteiger partial charge in [-0.15, -0.1) is 0 Å². The lowest BCUT2D eigenvalue weighted by atomic mass is 10.1. The lowest BCUT2D eigenvalue weighted by Crippen LogP contribution is -2.37. The number of halogens is 1. The largest absolute Gasteiger partial charge is 0.493 e. The van der Waals surface area contributed by atoms with Crippen LogP contribution in [0.2, 0.25) is 5.02 Å². The van der Waals surface area contributed by atoms with E-state index in [9.17, 15) is 4.79 Å². The van der Waals surface area contributed by atoms with Crippen molar-refractivity contribution in [1.29, 1.82) is 0 Å². The number of rotatable bonds is 9. The second kappa shape index (κ2) is 10.8. The van der Waals surface area contributed by atoms with Gasteiger partial charge in [0.2, 0.25) is 5.75 Å². The Balaban J connectivity index is 1.61. The number of ether oxygens (including phenoxy) is 4. The van der Waals surface area contributed by atoms with Gasteiger partial charge in [0.1, 0.15) is 0 Å². The number of hydrogen-bond donors (Lipinski definition) is 0. The number of benzene rings is 2. The average molecular weight is 487 g/mol. The Labute approximate surface area is 203 Å². The first-order valence-corrected chi connectivity index (χ1v) is 11.3. The molecule has 1 saturated heterocycles. The zero-order valence-electron chi connectivity index (χ0n) is 19.4. The number of carbonyl (C=O) groups is 1. The Morgan fingerprint density at radius 1 is 1.09 bits per heavy atom. The Hall–Kier alpha value is -3.23. The van der Waals surface area contributed by atoms with Gasteiger partial charge in [-0.1, -0.05) is 16.8 Å². The first kappa shape index (κ1) is 23.9. The number of carbonyl (C=O) groups excluding carboxylic acids is 1. The fourth-order valence-corrected chi connectivity index (χ4v) is 4.11. The van der Waals surface area contributed by atoms with Gasteiger partial charge in [-0.3, -0.25) is 4.79 Å². The molecule has 9 heteroatoms. The van der Waals surface area contributed by atoms with Crippen LogP contribution in [0.5, 0.6) is 17.2 Å². The van der Waals surface area contributed by atoms with Crippen molar-refractivity contribution in [1.82, 2.24) is 10.1 Å². The van der Waals surface area contributed by atoms with Gasteiger partial charge >= 0.3 is 0 Å². The first-order valence-electron chi connectivity index (χ1n) is 10.9. The highest BCUT2D eigenvalue weighted by molar-refractivity contribution is 6.30. The summed E-state index contributed by atoms with van der Waals surface area (Å²) >= 11 is 5.97. The highest BCUT2D eigenvalue weighted by Gasteiger charge is 2.27. The Morgan fingerprint density at radius 2 is 1.79 bits per heavy atom. The molecule has 1 aliphatic heterocycles. The van der Waals surface area contributed by atoms with Gasteiger partial charge in [-0.25, -0.2) is 0 Å². The van der Waals surface area contributed by atoms with Crippen LogP contribution >= 0.6 is 11.6 Å². The van der Waals surface area contributed by atoms with Gasteiger partial charge in [-0.05, 0) is 54.8 Å². The fourth-order valence-electron chi connectivity index (χ4n) is 3.99. The van der Waals surface area contributed by atoms with Crippen molar-refractivity contribution >= 4 is 17.5 Å². The number of methoxy groups -OCH3 is 3. The summed E-state index contributed by atoms with van der Waals surface area (Å²) in [6, 6.07) is 12.5. The second-order valence-electron chi connectivity index (χ2n) is 7.94. The van der Waals surface area contributed by atoms with Gasteiger partial charge in [0.15, 0.2) is 23.0 Å². The van der Waals surface area contributed by atoms with E-state index < -0.39 is 0 Å². The van der Waals surface area contributed by atoms with Crippen molar-refractivity contribution in [2.75, 3.05) is 34.5 Å². The zero-order chi connectivity index (χ0) is 24.1. The molecular formula is C25H27ClN2O6. The maximum atomic E-state index is 13.5. The molecule has 1 aromatic heterocycles. The maximum absolute atomic E-state index is 13.5. The van der Waals surface area contributed by atoms with Crippen LogP contribution in [-0.4, -0.2) is 56.5 Å². The van der Waals surface area contributed by atoms with Crippen LogP contribution in [0.3, 0.4) is 0 Å². The van der Waals surface area contributed by atoms with Crippen LogP contribution in [0.25, 0.3) is 11.3 Å². The second-order valence-corrected chi connectivity index (χ2v) is 8.37. The molecule has 0 aliphatic carbocycles. The third kappa shape index (κ3) is 5.29. The van der Waals surface area contributed by atoms with E-state index in [1.807, 2.05) is 24.3 Å². The van der Waals surface area contributed by atoms with E-state index in [-0.39, 0.29) is 17.7 Å². The standard InChI is InChI=1S/C25H27ClN2O6/c1-30-22-11-16(12-23(31-2)24(22)32-3)14-28(15-19-5-4-10-33-19)25(29)20-13-21(34-27-20)17-6-8-18(26)9-7-17/h6-9,11-13,19H,4-5,10,14-15H2,1-3H3/t19-/m0/s1. The summed E-state index contributed by atoms with van der Waals surface area (Å²) in [5.74, 6) is 1.77. The normalized spacial score (nSPS) is 15.2. The van der Waals surface area contributed by atoms with Gasteiger partial charge in [0.25, 0.3) is 5.91 Å². The third-order valence-electron chi connectivity index (χ3n) is 5.69. The summed E-state index contributed by atoms with van der Waals surface area (Å²) < 4.78 is 27.6. The van der Waals surface area contributed by atoms with E-state index in [1.165, 1.54) is 0 Å². The summed E-state index contributed by atoms with van der Waals surface area (Å²) in [6.45, 7) is 1.43. The highest BCUT2D eigenvalue weighted by atomic mass is 35.5. The minimum atomic E-state index is -0.256. The molecule has 0 bridgehead atoms. The molecule has 0 radical (unpaired) electrons.